The number of aliphatic hydroxyl groups is 1. The largest absolute Gasteiger partial charge is 0.393 e. The highest BCUT2D eigenvalue weighted by Gasteiger charge is 2.44. The van der Waals surface area contributed by atoms with Crippen molar-refractivity contribution in [3.63, 3.8) is 0 Å². The lowest BCUT2D eigenvalue weighted by molar-refractivity contribution is -0.150. The molecule has 2 bridgehead atoms. The first-order valence-corrected chi connectivity index (χ1v) is 5.14. The number of amides is 2. The van der Waals surface area contributed by atoms with E-state index in [1.807, 2.05) is 5.43 Å². The van der Waals surface area contributed by atoms with Crippen molar-refractivity contribution in [1.82, 2.24) is 10.3 Å². The topological polar surface area (TPSA) is 95.7 Å². The van der Waals surface area contributed by atoms with E-state index in [-0.39, 0.29) is 18.2 Å². The van der Waals surface area contributed by atoms with Crippen LogP contribution in [-0.2, 0) is 9.59 Å². The van der Waals surface area contributed by atoms with Crippen LogP contribution in [0.2, 0.25) is 0 Å². The van der Waals surface area contributed by atoms with Crippen LogP contribution in [0, 0.1) is 0 Å². The lowest BCUT2D eigenvalue weighted by atomic mass is 10.00. The molecular weight excluding hydrogens is 198 g/mol. The van der Waals surface area contributed by atoms with Gasteiger partial charge in [0.05, 0.1) is 6.10 Å². The Bertz CT molecular complexity index is 280. The highest BCUT2D eigenvalue weighted by atomic mass is 16.3. The van der Waals surface area contributed by atoms with Crippen molar-refractivity contribution in [3.05, 3.63) is 0 Å². The molecule has 2 unspecified atom stereocenters. The maximum absolute atomic E-state index is 11.6. The Morgan fingerprint density at radius 1 is 1.27 bits per heavy atom. The third-order valence-electron chi connectivity index (χ3n) is 3.27. The zero-order valence-electron chi connectivity index (χ0n) is 8.35. The number of piperidine rings is 1. The molecule has 2 fully saturated rings. The van der Waals surface area contributed by atoms with Crippen LogP contribution in [-0.4, -0.2) is 40.0 Å². The highest BCUT2D eigenvalue weighted by Crippen LogP contribution is 2.35. The molecule has 84 valence electrons. The quantitative estimate of drug-likeness (QED) is 0.197. The molecule has 15 heavy (non-hydrogen) atoms. The molecule has 2 atom stereocenters. The van der Waals surface area contributed by atoms with E-state index in [9.17, 15) is 14.7 Å². The van der Waals surface area contributed by atoms with Crippen molar-refractivity contribution in [1.29, 1.82) is 0 Å². The van der Waals surface area contributed by atoms with Crippen molar-refractivity contribution in [2.24, 2.45) is 5.84 Å². The van der Waals surface area contributed by atoms with Gasteiger partial charge in [-0.15, -0.1) is 0 Å². The van der Waals surface area contributed by atoms with Gasteiger partial charge in [-0.25, -0.2) is 5.84 Å². The lowest BCUT2D eigenvalue weighted by Gasteiger charge is -2.36. The molecule has 2 saturated heterocycles. The van der Waals surface area contributed by atoms with Gasteiger partial charge < -0.3 is 10.0 Å². The van der Waals surface area contributed by atoms with E-state index in [1.54, 1.807) is 4.90 Å². The van der Waals surface area contributed by atoms with Gasteiger partial charge in [0.15, 0.2) is 0 Å². The van der Waals surface area contributed by atoms with E-state index in [0.717, 1.165) is 12.8 Å². The van der Waals surface area contributed by atoms with E-state index in [2.05, 4.69) is 0 Å². The molecule has 0 saturated carbocycles. The highest BCUT2D eigenvalue weighted by molar-refractivity contribution is 6.35. The van der Waals surface area contributed by atoms with E-state index in [0.29, 0.717) is 12.8 Å². The Kier molecular flexibility index (Phi) is 2.62. The number of nitrogens with zero attached hydrogens (tertiary/aromatic N) is 1. The third-order valence-corrected chi connectivity index (χ3v) is 3.27. The fourth-order valence-corrected chi connectivity index (χ4v) is 2.66. The number of fused-ring (bicyclic) bond motifs is 2. The molecule has 2 heterocycles. The summed E-state index contributed by atoms with van der Waals surface area (Å²) in [5.41, 5.74) is 1.85. The van der Waals surface area contributed by atoms with Gasteiger partial charge in [-0.1, -0.05) is 0 Å². The van der Waals surface area contributed by atoms with E-state index >= 15 is 0 Å². The Labute approximate surface area is 87.4 Å². The van der Waals surface area contributed by atoms with E-state index in [1.165, 1.54) is 0 Å². The number of hydrogen-bond acceptors (Lipinski definition) is 4. The fraction of sp³-hybridized carbons (Fsp3) is 0.778. The van der Waals surface area contributed by atoms with Crippen LogP contribution in [0.15, 0.2) is 0 Å². The van der Waals surface area contributed by atoms with Crippen LogP contribution in [0.1, 0.15) is 25.7 Å². The standard InChI is InChI=1S/C9H15N3O3/c10-11-8(14)9(15)12-5-1-2-6(12)4-7(13)3-5/h5-7,13H,1-4,10H2,(H,11,14). The molecular formula is C9H15N3O3. The molecule has 0 aromatic rings. The lowest BCUT2D eigenvalue weighted by Crippen LogP contribution is -2.53. The van der Waals surface area contributed by atoms with Crippen LogP contribution in [0.25, 0.3) is 0 Å². The fourth-order valence-electron chi connectivity index (χ4n) is 2.66. The Morgan fingerprint density at radius 2 is 1.80 bits per heavy atom. The van der Waals surface area contributed by atoms with Gasteiger partial charge in [0.1, 0.15) is 0 Å². The maximum Gasteiger partial charge on any atom is 0.323 e. The van der Waals surface area contributed by atoms with Crippen LogP contribution >= 0.6 is 0 Å². The summed E-state index contributed by atoms with van der Waals surface area (Å²) in [6.07, 6.45) is 2.53. The molecule has 2 amide bonds. The number of hydrazine groups is 1. The number of aliphatic hydroxyl groups excluding tert-OH is 1. The molecule has 4 N–H and O–H groups in total. The van der Waals surface area contributed by atoms with Crippen molar-refractivity contribution in [2.45, 2.75) is 43.9 Å². The smallest absolute Gasteiger partial charge is 0.323 e. The second-order valence-electron chi connectivity index (χ2n) is 4.20. The van der Waals surface area contributed by atoms with Crippen molar-refractivity contribution >= 4 is 11.8 Å². The van der Waals surface area contributed by atoms with Gasteiger partial charge in [-0.3, -0.25) is 15.0 Å². The number of rotatable bonds is 0. The summed E-state index contributed by atoms with van der Waals surface area (Å²) < 4.78 is 0. The molecule has 0 spiro atoms. The minimum atomic E-state index is -0.775. The number of hydrogen-bond donors (Lipinski definition) is 3. The number of carbonyl (C=O) groups excluding carboxylic acids is 2. The maximum atomic E-state index is 11.6. The second-order valence-corrected chi connectivity index (χ2v) is 4.20. The summed E-state index contributed by atoms with van der Waals surface area (Å²) >= 11 is 0. The molecule has 2 aliphatic heterocycles. The average Bonchev–Trinajstić information content (AvgIpc) is 2.49. The van der Waals surface area contributed by atoms with Gasteiger partial charge >= 0.3 is 11.8 Å². The van der Waals surface area contributed by atoms with Crippen LogP contribution in [0.4, 0.5) is 0 Å². The number of nitrogens with two attached hydrogens (primary N) is 1. The van der Waals surface area contributed by atoms with Crippen molar-refractivity contribution in [3.8, 4) is 0 Å². The molecule has 0 aromatic heterocycles. The summed E-state index contributed by atoms with van der Waals surface area (Å²) in [5.74, 6) is 3.57. The summed E-state index contributed by atoms with van der Waals surface area (Å²) in [6.45, 7) is 0. The predicted octanol–water partition coefficient (Wildman–Crippen LogP) is -1.51. The molecule has 0 radical (unpaired) electrons. The molecule has 0 aliphatic carbocycles. The predicted molar refractivity (Wildman–Crippen MR) is 51.2 cm³/mol. The molecule has 2 aliphatic rings. The molecule has 0 aromatic carbocycles. The number of carbonyl (C=O) groups is 2. The number of nitrogens with one attached hydrogen (secondary N) is 1. The Balaban J connectivity index is 2.11. The zero-order chi connectivity index (χ0) is 11.0. The average molecular weight is 213 g/mol. The van der Waals surface area contributed by atoms with Gasteiger partial charge in [0.2, 0.25) is 0 Å². The zero-order valence-corrected chi connectivity index (χ0v) is 8.35. The molecule has 2 rings (SSSR count). The van der Waals surface area contributed by atoms with Crippen molar-refractivity contribution in [2.75, 3.05) is 0 Å². The van der Waals surface area contributed by atoms with Crippen LogP contribution in [0.3, 0.4) is 0 Å². The second kappa shape index (κ2) is 3.79. The minimum Gasteiger partial charge on any atom is -0.393 e. The normalized spacial score (nSPS) is 34.0. The summed E-state index contributed by atoms with van der Waals surface area (Å²) in [4.78, 5) is 24.3. The molecule has 6 heteroatoms. The van der Waals surface area contributed by atoms with Crippen LogP contribution < -0.4 is 11.3 Å². The van der Waals surface area contributed by atoms with Gasteiger partial charge in [-0.05, 0) is 25.7 Å². The van der Waals surface area contributed by atoms with Crippen molar-refractivity contribution < 1.29 is 14.7 Å². The SMILES string of the molecule is NNC(=O)C(=O)N1C2CCC1CC(O)C2. The van der Waals surface area contributed by atoms with E-state index < -0.39 is 11.8 Å². The minimum absolute atomic E-state index is 0.00329. The Hall–Kier alpha value is -1.14. The monoisotopic (exact) mass is 213 g/mol. The summed E-state index contributed by atoms with van der Waals surface area (Å²) in [5, 5.41) is 9.52. The Morgan fingerprint density at radius 3 is 2.27 bits per heavy atom. The first-order valence-electron chi connectivity index (χ1n) is 5.14. The van der Waals surface area contributed by atoms with Gasteiger partial charge in [0, 0.05) is 12.1 Å². The third kappa shape index (κ3) is 1.70. The van der Waals surface area contributed by atoms with Gasteiger partial charge in [-0.2, -0.15) is 0 Å². The van der Waals surface area contributed by atoms with E-state index in [4.69, 9.17) is 5.84 Å². The first-order chi connectivity index (χ1) is 7.13. The first kappa shape index (κ1) is 10.4. The summed E-state index contributed by atoms with van der Waals surface area (Å²) in [6, 6.07) is 0.00657. The van der Waals surface area contributed by atoms with Crippen LogP contribution in [0.5, 0.6) is 0 Å². The molecule has 6 nitrogen and oxygen atoms in total. The summed E-state index contributed by atoms with van der Waals surface area (Å²) in [7, 11) is 0. The van der Waals surface area contributed by atoms with Gasteiger partial charge in [0.25, 0.3) is 0 Å².